The van der Waals surface area contributed by atoms with Crippen LogP contribution in [0.2, 0.25) is 0 Å². The van der Waals surface area contributed by atoms with E-state index in [1.165, 1.54) is 11.3 Å². The van der Waals surface area contributed by atoms with Crippen LogP contribution in [-0.2, 0) is 11.2 Å². The first-order chi connectivity index (χ1) is 13.6. The molecule has 0 aliphatic heterocycles. The van der Waals surface area contributed by atoms with Gasteiger partial charge in [0, 0.05) is 28.9 Å². The molecule has 0 aliphatic rings. The normalized spacial score (nSPS) is 11.0. The fourth-order valence-electron chi connectivity index (χ4n) is 2.87. The summed E-state index contributed by atoms with van der Waals surface area (Å²) in [5, 5.41) is 8.43. The Morgan fingerprint density at radius 2 is 2.07 bits per heavy atom. The van der Waals surface area contributed by atoms with E-state index in [1.54, 1.807) is 27.2 Å². The molecule has 1 N–H and O–H groups in total. The molecule has 0 saturated carbocycles. The van der Waals surface area contributed by atoms with Gasteiger partial charge in [0.05, 0.1) is 26.3 Å². The number of carbonyl (C=O) groups excluding carboxylic acids is 1. The molecule has 0 spiro atoms. The molecule has 1 amide bonds. The van der Waals surface area contributed by atoms with Gasteiger partial charge in [-0.3, -0.25) is 9.20 Å². The van der Waals surface area contributed by atoms with Gasteiger partial charge in [0.1, 0.15) is 5.76 Å². The highest BCUT2D eigenvalue weighted by Gasteiger charge is 2.15. The second-order valence-corrected chi connectivity index (χ2v) is 6.96. The van der Waals surface area contributed by atoms with Gasteiger partial charge in [0.25, 0.3) is 0 Å². The van der Waals surface area contributed by atoms with Gasteiger partial charge in [-0.25, -0.2) is 4.98 Å². The van der Waals surface area contributed by atoms with Crippen molar-refractivity contribution >= 4 is 28.0 Å². The fourth-order valence-corrected chi connectivity index (χ4v) is 3.74. The van der Waals surface area contributed by atoms with E-state index in [-0.39, 0.29) is 12.3 Å². The van der Waals surface area contributed by atoms with Crippen molar-refractivity contribution in [1.82, 2.24) is 14.5 Å². The zero-order valence-corrected chi connectivity index (χ0v) is 16.4. The van der Waals surface area contributed by atoms with Gasteiger partial charge in [0.2, 0.25) is 5.91 Å². The van der Waals surface area contributed by atoms with E-state index in [0.29, 0.717) is 23.1 Å². The van der Waals surface area contributed by atoms with Crippen LogP contribution in [-0.4, -0.2) is 34.7 Å². The molecular weight excluding hydrogens is 380 g/mol. The maximum absolute atomic E-state index is 12.3. The number of rotatable bonds is 6. The van der Waals surface area contributed by atoms with E-state index < -0.39 is 0 Å². The fraction of sp³-hybridized carbons (Fsp3) is 0.211. The summed E-state index contributed by atoms with van der Waals surface area (Å²) in [4.78, 5) is 17.8. The Balaban J connectivity index is 1.57. The van der Waals surface area contributed by atoms with Crippen LogP contribution in [0.3, 0.4) is 0 Å². The van der Waals surface area contributed by atoms with Gasteiger partial charge in [-0.2, -0.15) is 0 Å². The largest absolute Gasteiger partial charge is 0.493 e. The summed E-state index contributed by atoms with van der Waals surface area (Å²) in [6.45, 7) is 1.77. The van der Waals surface area contributed by atoms with Crippen molar-refractivity contribution in [3.05, 3.63) is 47.3 Å². The average Bonchev–Trinajstić information content (AvgIpc) is 3.38. The maximum atomic E-state index is 12.3. The van der Waals surface area contributed by atoms with E-state index in [1.807, 2.05) is 34.2 Å². The summed E-state index contributed by atoms with van der Waals surface area (Å²) in [6, 6.07) is 7.32. The van der Waals surface area contributed by atoms with Crippen LogP contribution in [0.5, 0.6) is 11.5 Å². The Morgan fingerprint density at radius 1 is 1.25 bits per heavy atom. The number of anilines is 1. The Bertz CT molecular complexity index is 1140. The van der Waals surface area contributed by atoms with E-state index in [9.17, 15) is 4.79 Å². The minimum Gasteiger partial charge on any atom is -0.493 e. The Kier molecular flexibility index (Phi) is 4.74. The number of fused-ring (bicyclic) bond motifs is 1. The lowest BCUT2D eigenvalue weighted by Gasteiger charge is -2.08. The minimum absolute atomic E-state index is 0.172. The third kappa shape index (κ3) is 3.44. The highest BCUT2D eigenvalue weighted by atomic mass is 32.1. The summed E-state index contributed by atoms with van der Waals surface area (Å²) >= 11 is 1.48. The van der Waals surface area contributed by atoms with Crippen molar-refractivity contribution in [3.63, 3.8) is 0 Å². The molecule has 28 heavy (non-hydrogen) atoms. The van der Waals surface area contributed by atoms with Crippen molar-refractivity contribution in [2.75, 3.05) is 19.5 Å². The first-order valence-corrected chi connectivity index (χ1v) is 9.36. The Hall–Kier alpha value is -3.33. The summed E-state index contributed by atoms with van der Waals surface area (Å²) in [7, 11) is 3.20. The van der Waals surface area contributed by atoms with Crippen LogP contribution in [0.1, 0.15) is 11.5 Å². The molecule has 3 aromatic heterocycles. The number of aryl methyl sites for hydroxylation is 1. The number of methoxy groups -OCH3 is 2. The van der Waals surface area contributed by atoms with E-state index in [2.05, 4.69) is 15.5 Å². The van der Waals surface area contributed by atoms with Crippen LogP contribution in [0.15, 0.2) is 40.4 Å². The number of benzene rings is 1. The first-order valence-electron chi connectivity index (χ1n) is 8.48. The molecule has 4 aromatic rings. The van der Waals surface area contributed by atoms with Crippen LogP contribution >= 0.6 is 11.3 Å². The number of hydrogen-bond acceptors (Lipinski definition) is 7. The lowest BCUT2D eigenvalue weighted by atomic mass is 10.1. The van der Waals surface area contributed by atoms with Crippen LogP contribution in [0.25, 0.3) is 16.2 Å². The van der Waals surface area contributed by atoms with Crippen molar-refractivity contribution in [2.45, 2.75) is 13.3 Å². The molecule has 0 aliphatic carbocycles. The monoisotopic (exact) mass is 398 g/mol. The summed E-state index contributed by atoms with van der Waals surface area (Å²) < 4.78 is 17.5. The summed E-state index contributed by atoms with van der Waals surface area (Å²) in [5.74, 6) is 2.17. The van der Waals surface area contributed by atoms with Gasteiger partial charge in [-0.15, -0.1) is 11.3 Å². The number of carbonyl (C=O) groups is 1. The van der Waals surface area contributed by atoms with Crippen molar-refractivity contribution in [3.8, 4) is 22.8 Å². The third-order valence-corrected chi connectivity index (χ3v) is 5.09. The van der Waals surface area contributed by atoms with Crippen LogP contribution in [0.4, 0.5) is 5.82 Å². The SMILES string of the molecule is COc1ccc(-c2cn3c(CC(=O)Nc4cc(C)on4)csc3n2)cc1OC. The number of aromatic nitrogens is 3. The predicted octanol–water partition coefficient (Wildman–Crippen LogP) is 3.56. The zero-order valence-electron chi connectivity index (χ0n) is 15.6. The minimum atomic E-state index is -0.172. The summed E-state index contributed by atoms with van der Waals surface area (Å²) in [5.41, 5.74) is 2.54. The molecule has 4 rings (SSSR count). The molecule has 0 atom stereocenters. The van der Waals surface area contributed by atoms with E-state index >= 15 is 0 Å². The molecule has 144 valence electrons. The quantitative estimate of drug-likeness (QED) is 0.534. The van der Waals surface area contributed by atoms with Crippen molar-refractivity contribution in [1.29, 1.82) is 0 Å². The van der Waals surface area contributed by atoms with Crippen LogP contribution < -0.4 is 14.8 Å². The predicted molar refractivity (Wildman–Crippen MR) is 105 cm³/mol. The van der Waals surface area contributed by atoms with Crippen molar-refractivity contribution < 1.29 is 18.8 Å². The Labute approximate surface area is 164 Å². The van der Waals surface area contributed by atoms with E-state index in [0.717, 1.165) is 21.9 Å². The number of thiazole rings is 1. The number of amides is 1. The second kappa shape index (κ2) is 7.35. The second-order valence-electron chi connectivity index (χ2n) is 6.12. The average molecular weight is 398 g/mol. The van der Waals surface area contributed by atoms with Gasteiger partial charge >= 0.3 is 0 Å². The molecule has 0 radical (unpaired) electrons. The molecule has 3 heterocycles. The number of hydrogen-bond donors (Lipinski definition) is 1. The molecular formula is C19H18N4O4S. The first kappa shape index (κ1) is 18.1. The summed E-state index contributed by atoms with van der Waals surface area (Å²) in [6.07, 6.45) is 2.11. The number of nitrogens with one attached hydrogen (secondary N) is 1. The molecule has 0 unspecified atom stereocenters. The molecule has 0 fully saturated rings. The zero-order chi connectivity index (χ0) is 19.7. The van der Waals surface area contributed by atoms with Gasteiger partial charge in [-0.05, 0) is 25.1 Å². The highest BCUT2D eigenvalue weighted by molar-refractivity contribution is 7.15. The highest BCUT2D eigenvalue weighted by Crippen LogP contribution is 2.32. The molecule has 0 bridgehead atoms. The maximum Gasteiger partial charge on any atom is 0.231 e. The lowest BCUT2D eigenvalue weighted by Crippen LogP contribution is -2.15. The topological polar surface area (TPSA) is 90.9 Å². The van der Waals surface area contributed by atoms with Gasteiger partial charge in [-0.1, -0.05) is 5.16 Å². The standard InChI is InChI=1S/C19H18N4O4S/c1-11-6-17(22-27-11)21-18(24)8-13-10-28-19-20-14(9-23(13)19)12-4-5-15(25-2)16(7-12)26-3/h4-7,9-10H,8H2,1-3H3,(H,21,22,24). The van der Waals surface area contributed by atoms with Gasteiger partial charge < -0.3 is 19.3 Å². The smallest absolute Gasteiger partial charge is 0.231 e. The number of imidazole rings is 1. The number of ether oxygens (including phenoxy) is 2. The molecule has 8 nitrogen and oxygen atoms in total. The molecule has 1 aromatic carbocycles. The lowest BCUT2D eigenvalue weighted by molar-refractivity contribution is -0.115. The van der Waals surface area contributed by atoms with Crippen LogP contribution in [0, 0.1) is 6.92 Å². The Morgan fingerprint density at radius 3 is 2.79 bits per heavy atom. The molecule has 0 saturated heterocycles. The third-order valence-electron chi connectivity index (χ3n) is 4.20. The van der Waals surface area contributed by atoms with Gasteiger partial charge in [0.15, 0.2) is 22.3 Å². The number of nitrogens with zero attached hydrogens (tertiary/aromatic N) is 3. The van der Waals surface area contributed by atoms with Crippen molar-refractivity contribution in [2.24, 2.45) is 0 Å². The molecule has 9 heteroatoms. The van der Waals surface area contributed by atoms with E-state index in [4.69, 9.17) is 14.0 Å².